The Morgan fingerprint density at radius 2 is 1.10 bits per heavy atom. The standard InChI is InChI=1S/C23H31N3O4/c1-26(16-4-14-24-22(27)18-6-10-20(29-2)11-7-18)17-5-15-25-23(28)19-8-12-21(30-3)13-9-19/h6-13H,4-5,14-17H2,1-3H3,(H,24,27)(H,25,28)/p+1. The maximum absolute atomic E-state index is 12.1. The molecular formula is C23H32N3O4+. The fourth-order valence-corrected chi connectivity index (χ4v) is 3.00. The Morgan fingerprint density at radius 1 is 0.733 bits per heavy atom. The zero-order valence-corrected chi connectivity index (χ0v) is 18.0. The smallest absolute Gasteiger partial charge is 0.251 e. The third kappa shape index (κ3) is 7.75. The van der Waals surface area contributed by atoms with E-state index in [2.05, 4.69) is 17.7 Å². The van der Waals surface area contributed by atoms with Crippen LogP contribution in [-0.4, -0.2) is 59.3 Å². The number of carbonyl (C=O) groups is 2. The summed E-state index contributed by atoms with van der Waals surface area (Å²) in [6, 6.07) is 14.1. The van der Waals surface area contributed by atoms with Crippen molar-refractivity contribution in [3.8, 4) is 11.5 Å². The van der Waals surface area contributed by atoms with Crippen molar-refractivity contribution in [1.29, 1.82) is 0 Å². The molecule has 7 heteroatoms. The predicted octanol–water partition coefficient (Wildman–Crippen LogP) is 1.16. The molecule has 0 aliphatic heterocycles. The highest BCUT2D eigenvalue weighted by molar-refractivity contribution is 5.94. The summed E-state index contributed by atoms with van der Waals surface area (Å²) in [5, 5.41) is 5.88. The van der Waals surface area contributed by atoms with Gasteiger partial charge in [0.15, 0.2) is 0 Å². The molecule has 2 aromatic carbocycles. The van der Waals surface area contributed by atoms with Crippen molar-refractivity contribution in [2.75, 3.05) is 47.4 Å². The van der Waals surface area contributed by atoms with E-state index in [1.165, 1.54) is 4.90 Å². The Bertz CT molecular complexity index is 724. The first-order valence-electron chi connectivity index (χ1n) is 10.2. The van der Waals surface area contributed by atoms with Crippen LogP contribution in [0.5, 0.6) is 11.5 Å². The Hall–Kier alpha value is -3.06. The molecule has 0 aliphatic rings. The molecule has 0 heterocycles. The lowest BCUT2D eigenvalue weighted by Gasteiger charge is -2.14. The van der Waals surface area contributed by atoms with E-state index in [4.69, 9.17) is 9.47 Å². The highest BCUT2D eigenvalue weighted by atomic mass is 16.5. The van der Waals surface area contributed by atoms with E-state index in [0.717, 1.165) is 37.4 Å². The molecule has 0 saturated carbocycles. The third-order valence-electron chi connectivity index (χ3n) is 4.84. The van der Waals surface area contributed by atoms with Gasteiger partial charge in [-0.15, -0.1) is 0 Å². The second-order valence-corrected chi connectivity index (χ2v) is 7.13. The van der Waals surface area contributed by atoms with Crippen LogP contribution >= 0.6 is 0 Å². The van der Waals surface area contributed by atoms with Gasteiger partial charge in [0.1, 0.15) is 11.5 Å². The summed E-state index contributed by atoms with van der Waals surface area (Å²) in [4.78, 5) is 25.6. The molecule has 0 atom stereocenters. The maximum atomic E-state index is 12.1. The summed E-state index contributed by atoms with van der Waals surface area (Å²) < 4.78 is 10.2. The molecule has 30 heavy (non-hydrogen) atoms. The number of amides is 2. The third-order valence-corrected chi connectivity index (χ3v) is 4.84. The molecule has 3 N–H and O–H groups in total. The number of hydrogen-bond acceptors (Lipinski definition) is 4. The van der Waals surface area contributed by atoms with E-state index in [1.54, 1.807) is 62.8 Å². The number of hydrogen-bond donors (Lipinski definition) is 3. The average Bonchev–Trinajstić information content (AvgIpc) is 2.79. The molecule has 2 rings (SSSR count). The Labute approximate surface area is 178 Å². The number of nitrogens with one attached hydrogen (secondary N) is 3. The van der Waals surface area contributed by atoms with E-state index < -0.39 is 0 Å². The molecule has 0 radical (unpaired) electrons. The normalized spacial score (nSPS) is 10.5. The maximum Gasteiger partial charge on any atom is 0.251 e. The van der Waals surface area contributed by atoms with Crippen LogP contribution in [0.1, 0.15) is 33.6 Å². The van der Waals surface area contributed by atoms with Crippen molar-refractivity contribution in [1.82, 2.24) is 10.6 Å². The first kappa shape index (κ1) is 23.2. The number of rotatable bonds is 12. The first-order valence-corrected chi connectivity index (χ1v) is 10.2. The summed E-state index contributed by atoms with van der Waals surface area (Å²) in [5.74, 6) is 1.32. The van der Waals surface area contributed by atoms with Crippen molar-refractivity contribution >= 4 is 11.8 Å². The van der Waals surface area contributed by atoms with Crippen LogP contribution in [0, 0.1) is 0 Å². The fraction of sp³-hybridized carbons (Fsp3) is 0.391. The summed E-state index contributed by atoms with van der Waals surface area (Å²) in [6.07, 6.45) is 1.79. The molecule has 0 aromatic heterocycles. The SMILES string of the molecule is COc1ccc(C(=O)NCCC[NH+](C)CCCNC(=O)c2ccc(OC)cc2)cc1. The molecular weight excluding hydrogens is 382 g/mol. The summed E-state index contributed by atoms with van der Waals surface area (Å²) >= 11 is 0. The molecule has 0 fully saturated rings. The van der Waals surface area contributed by atoms with E-state index in [9.17, 15) is 9.59 Å². The van der Waals surface area contributed by atoms with E-state index in [-0.39, 0.29) is 11.8 Å². The Kier molecular flexibility index (Phi) is 9.67. The van der Waals surface area contributed by atoms with Gasteiger partial charge in [-0.25, -0.2) is 0 Å². The highest BCUT2D eigenvalue weighted by Gasteiger charge is 2.08. The molecule has 2 aromatic rings. The molecule has 0 unspecified atom stereocenters. The van der Waals surface area contributed by atoms with Gasteiger partial charge in [-0.05, 0) is 48.5 Å². The summed E-state index contributed by atoms with van der Waals surface area (Å²) in [6.45, 7) is 3.18. The van der Waals surface area contributed by atoms with E-state index in [1.807, 2.05) is 0 Å². The van der Waals surface area contributed by atoms with E-state index >= 15 is 0 Å². The first-order chi connectivity index (χ1) is 14.5. The number of quaternary nitrogens is 1. The van der Waals surface area contributed by atoms with Crippen LogP contribution in [-0.2, 0) is 0 Å². The summed E-state index contributed by atoms with van der Waals surface area (Å²) in [7, 11) is 5.32. The molecule has 0 saturated heterocycles. The fourth-order valence-electron chi connectivity index (χ4n) is 3.00. The van der Waals surface area contributed by atoms with Crippen molar-refractivity contribution in [3.63, 3.8) is 0 Å². The highest BCUT2D eigenvalue weighted by Crippen LogP contribution is 2.11. The zero-order valence-electron chi connectivity index (χ0n) is 18.0. The topological polar surface area (TPSA) is 81.1 Å². The zero-order chi connectivity index (χ0) is 21.8. The molecule has 0 bridgehead atoms. The predicted molar refractivity (Wildman–Crippen MR) is 117 cm³/mol. The van der Waals surface area contributed by atoms with Crippen molar-refractivity contribution in [2.24, 2.45) is 0 Å². The van der Waals surface area contributed by atoms with Crippen molar-refractivity contribution in [3.05, 3.63) is 59.7 Å². The van der Waals surface area contributed by atoms with Gasteiger partial charge in [-0.2, -0.15) is 0 Å². The number of benzene rings is 2. The second kappa shape index (κ2) is 12.5. The Balaban J connectivity index is 1.55. The lowest BCUT2D eigenvalue weighted by molar-refractivity contribution is -0.879. The monoisotopic (exact) mass is 414 g/mol. The van der Waals surface area contributed by atoms with Crippen LogP contribution in [0.25, 0.3) is 0 Å². The van der Waals surface area contributed by atoms with Gasteiger partial charge in [-0.3, -0.25) is 9.59 Å². The van der Waals surface area contributed by atoms with Gasteiger partial charge >= 0.3 is 0 Å². The molecule has 162 valence electrons. The minimum Gasteiger partial charge on any atom is -0.497 e. The van der Waals surface area contributed by atoms with Gasteiger partial charge in [-0.1, -0.05) is 0 Å². The van der Waals surface area contributed by atoms with Gasteiger partial charge in [0.05, 0.1) is 34.4 Å². The van der Waals surface area contributed by atoms with Gasteiger partial charge in [0.25, 0.3) is 11.8 Å². The van der Waals surface area contributed by atoms with Gasteiger partial charge in [0, 0.05) is 37.1 Å². The molecule has 7 nitrogen and oxygen atoms in total. The molecule has 0 aliphatic carbocycles. The van der Waals surface area contributed by atoms with Crippen LogP contribution in [0.3, 0.4) is 0 Å². The summed E-state index contributed by atoms with van der Waals surface area (Å²) in [5.41, 5.74) is 1.26. The lowest BCUT2D eigenvalue weighted by atomic mass is 10.2. The second-order valence-electron chi connectivity index (χ2n) is 7.13. The number of carbonyl (C=O) groups excluding carboxylic acids is 2. The Morgan fingerprint density at radius 3 is 1.43 bits per heavy atom. The van der Waals surface area contributed by atoms with Crippen molar-refractivity contribution in [2.45, 2.75) is 12.8 Å². The largest absolute Gasteiger partial charge is 0.497 e. The van der Waals surface area contributed by atoms with Crippen LogP contribution in [0.4, 0.5) is 0 Å². The molecule has 2 amide bonds. The minimum atomic E-state index is -0.0726. The van der Waals surface area contributed by atoms with Gasteiger partial charge in [0.2, 0.25) is 0 Å². The van der Waals surface area contributed by atoms with E-state index in [0.29, 0.717) is 24.2 Å². The number of methoxy groups -OCH3 is 2. The minimum absolute atomic E-state index is 0.0726. The van der Waals surface area contributed by atoms with Crippen LogP contribution in [0.2, 0.25) is 0 Å². The van der Waals surface area contributed by atoms with Gasteiger partial charge < -0.3 is 25.0 Å². The lowest BCUT2D eigenvalue weighted by Crippen LogP contribution is -3.09. The quantitative estimate of drug-likeness (QED) is 0.455. The number of ether oxygens (including phenoxy) is 2. The average molecular weight is 415 g/mol. The van der Waals surface area contributed by atoms with Crippen molar-refractivity contribution < 1.29 is 24.0 Å². The van der Waals surface area contributed by atoms with Crippen LogP contribution < -0.4 is 25.0 Å². The van der Waals surface area contributed by atoms with Crippen LogP contribution in [0.15, 0.2) is 48.5 Å². The molecule has 0 spiro atoms.